The van der Waals surface area contributed by atoms with E-state index in [-0.39, 0.29) is 24.3 Å². The van der Waals surface area contributed by atoms with Gasteiger partial charge >= 0.3 is 0 Å². The summed E-state index contributed by atoms with van der Waals surface area (Å²) in [6.45, 7) is 0. The molecule has 0 aliphatic heterocycles. The van der Waals surface area contributed by atoms with E-state index >= 15 is 0 Å². The second kappa shape index (κ2) is 8.86. The van der Waals surface area contributed by atoms with Gasteiger partial charge in [0.1, 0.15) is 5.69 Å². The summed E-state index contributed by atoms with van der Waals surface area (Å²) in [5.41, 5.74) is 4.31. The zero-order chi connectivity index (χ0) is 20.1. The smallest absolute Gasteiger partial charge is 0.270 e. The second-order valence-corrected chi connectivity index (χ2v) is 6.66. The fourth-order valence-corrected chi connectivity index (χ4v) is 3.21. The van der Waals surface area contributed by atoms with Crippen molar-refractivity contribution in [2.75, 3.05) is 7.11 Å². The van der Waals surface area contributed by atoms with Crippen LogP contribution in [-0.2, 0) is 11.2 Å². The average Bonchev–Trinajstić information content (AvgIpc) is 2.66. The number of halogens is 2. The summed E-state index contributed by atoms with van der Waals surface area (Å²) in [7, 11) is 1.47. The van der Waals surface area contributed by atoms with Crippen molar-refractivity contribution in [2.45, 2.75) is 12.8 Å². The van der Waals surface area contributed by atoms with E-state index in [9.17, 15) is 9.59 Å². The van der Waals surface area contributed by atoms with Crippen LogP contribution < -0.4 is 15.7 Å². The van der Waals surface area contributed by atoms with Gasteiger partial charge < -0.3 is 9.72 Å². The molecule has 0 radical (unpaired) electrons. The Labute approximate surface area is 170 Å². The van der Waals surface area contributed by atoms with E-state index in [0.29, 0.717) is 38.1 Å². The molecule has 0 atom stereocenters. The molecule has 144 valence electrons. The number of hydrogen-bond donors (Lipinski definition) is 2. The Morgan fingerprint density at radius 1 is 1.29 bits per heavy atom. The highest BCUT2D eigenvalue weighted by atomic mass is 35.5. The predicted octanol–water partition coefficient (Wildman–Crippen LogP) is 3.32. The number of aromatic nitrogens is 2. The minimum atomic E-state index is -0.351. The highest BCUT2D eigenvalue weighted by Gasteiger charge is 2.09. The summed E-state index contributed by atoms with van der Waals surface area (Å²) in [5.74, 6) is 0.0222. The first-order chi connectivity index (χ1) is 13.5. The first kappa shape index (κ1) is 19.9. The molecule has 2 N–H and O–H groups in total. The molecular formula is C19H16Cl2N4O3. The van der Waals surface area contributed by atoms with Gasteiger partial charge in [-0.15, -0.1) is 0 Å². The van der Waals surface area contributed by atoms with Crippen molar-refractivity contribution >= 4 is 46.4 Å². The number of H-pyrrole nitrogens is 1. The summed E-state index contributed by atoms with van der Waals surface area (Å²) in [5, 5.41) is 4.55. The van der Waals surface area contributed by atoms with Crippen molar-refractivity contribution in [2.24, 2.45) is 5.10 Å². The van der Waals surface area contributed by atoms with Crippen LogP contribution >= 0.6 is 23.2 Å². The molecular weight excluding hydrogens is 403 g/mol. The Kier molecular flexibility index (Phi) is 6.28. The molecule has 0 aliphatic rings. The number of fused-ring (bicyclic) bond motifs is 1. The molecule has 9 heteroatoms. The molecule has 7 nitrogen and oxygen atoms in total. The van der Waals surface area contributed by atoms with Crippen molar-refractivity contribution in [3.8, 4) is 5.75 Å². The van der Waals surface area contributed by atoms with E-state index in [1.807, 2.05) is 12.1 Å². The maximum Gasteiger partial charge on any atom is 0.270 e. The number of methoxy groups -OCH3 is 1. The number of carbonyl (C=O) groups is 1. The molecule has 0 saturated carbocycles. The van der Waals surface area contributed by atoms with Crippen LogP contribution in [0.2, 0.25) is 10.0 Å². The van der Waals surface area contributed by atoms with Crippen LogP contribution in [0.1, 0.15) is 17.7 Å². The quantitative estimate of drug-likeness (QED) is 0.473. The molecule has 0 spiro atoms. The minimum absolute atomic E-state index is 0.0654. The van der Waals surface area contributed by atoms with Crippen molar-refractivity contribution in [1.82, 2.24) is 15.4 Å². The first-order valence-corrected chi connectivity index (χ1v) is 9.06. The Bertz CT molecular complexity index is 1090. The van der Waals surface area contributed by atoms with E-state index in [1.54, 1.807) is 24.3 Å². The third kappa shape index (κ3) is 4.68. The van der Waals surface area contributed by atoms with Crippen LogP contribution in [0.5, 0.6) is 5.75 Å². The Hall–Kier alpha value is -2.90. The number of para-hydroxylation sites is 2. The summed E-state index contributed by atoms with van der Waals surface area (Å²) >= 11 is 12.1. The number of hydrazone groups is 1. The maximum atomic E-state index is 12.0. The van der Waals surface area contributed by atoms with Gasteiger partial charge in [0.2, 0.25) is 5.91 Å². The van der Waals surface area contributed by atoms with E-state index in [0.717, 1.165) is 0 Å². The molecule has 28 heavy (non-hydrogen) atoms. The standard InChI is InChI=1S/C19H16Cl2N4O3/c1-28-18-12(20)8-11(9-13(18)21)10-22-25-17(26)7-6-16-19(27)24-15-5-3-2-4-14(15)23-16/h2-5,8-10H,6-7H2,1H3,(H,24,27)(H,25,26)/b22-10-. The number of benzene rings is 2. The zero-order valence-electron chi connectivity index (χ0n) is 14.8. The number of aryl methyl sites for hydroxylation is 1. The van der Waals surface area contributed by atoms with Gasteiger partial charge in [-0.05, 0) is 29.8 Å². The summed E-state index contributed by atoms with van der Waals surface area (Å²) in [6.07, 6.45) is 1.67. The number of rotatable bonds is 6. The van der Waals surface area contributed by atoms with Crippen LogP contribution in [-0.4, -0.2) is 29.2 Å². The zero-order valence-corrected chi connectivity index (χ0v) is 16.3. The number of amides is 1. The van der Waals surface area contributed by atoms with Gasteiger partial charge in [0.15, 0.2) is 5.75 Å². The average molecular weight is 419 g/mol. The molecule has 1 heterocycles. The van der Waals surface area contributed by atoms with Gasteiger partial charge in [0.25, 0.3) is 5.56 Å². The van der Waals surface area contributed by atoms with E-state index in [1.165, 1.54) is 13.3 Å². The molecule has 0 fully saturated rings. The second-order valence-electron chi connectivity index (χ2n) is 5.84. The Balaban J connectivity index is 1.60. The monoisotopic (exact) mass is 418 g/mol. The summed E-state index contributed by atoms with van der Waals surface area (Å²) < 4.78 is 5.07. The fourth-order valence-electron chi connectivity index (χ4n) is 2.55. The van der Waals surface area contributed by atoms with Crippen molar-refractivity contribution in [1.29, 1.82) is 0 Å². The predicted molar refractivity (Wildman–Crippen MR) is 109 cm³/mol. The van der Waals surface area contributed by atoms with Crippen molar-refractivity contribution < 1.29 is 9.53 Å². The third-order valence-electron chi connectivity index (χ3n) is 3.89. The Morgan fingerprint density at radius 3 is 2.71 bits per heavy atom. The highest BCUT2D eigenvalue weighted by molar-refractivity contribution is 6.37. The van der Waals surface area contributed by atoms with Gasteiger partial charge in [-0.3, -0.25) is 9.59 Å². The number of carbonyl (C=O) groups excluding carboxylic acids is 1. The lowest BCUT2D eigenvalue weighted by atomic mass is 10.2. The first-order valence-electron chi connectivity index (χ1n) is 8.31. The number of aromatic amines is 1. The van der Waals surface area contributed by atoms with Gasteiger partial charge in [0.05, 0.1) is 34.4 Å². The molecule has 0 bridgehead atoms. The van der Waals surface area contributed by atoms with E-state index in [2.05, 4.69) is 20.5 Å². The molecule has 0 unspecified atom stereocenters. The molecule has 3 aromatic rings. The SMILES string of the molecule is COc1c(Cl)cc(/C=N\NC(=O)CCc2nc3ccccc3[nH]c2=O)cc1Cl. The molecule has 3 rings (SSSR count). The maximum absolute atomic E-state index is 12.0. The van der Waals surface area contributed by atoms with Crippen LogP contribution in [0.25, 0.3) is 11.0 Å². The molecule has 0 aliphatic carbocycles. The van der Waals surface area contributed by atoms with Crippen molar-refractivity contribution in [3.63, 3.8) is 0 Å². The number of nitrogens with zero attached hydrogens (tertiary/aromatic N) is 2. The largest absolute Gasteiger partial charge is 0.494 e. The van der Waals surface area contributed by atoms with Crippen molar-refractivity contribution in [3.05, 3.63) is 68.1 Å². The highest BCUT2D eigenvalue weighted by Crippen LogP contribution is 2.33. The Morgan fingerprint density at radius 2 is 2.00 bits per heavy atom. The van der Waals surface area contributed by atoms with Crippen LogP contribution in [0.4, 0.5) is 0 Å². The van der Waals surface area contributed by atoms with Gasteiger partial charge in [0, 0.05) is 12.8 Å². The minimum Gasteiger partial charge on any atom is -0.494 e. The van der Waals surface area contributed by atoms with Crippen LogP contribution in [0.15, 0.2) is 46.3 Å². The van der Waals surface area contributed by atoms with Gasteiger partial charge in [-0.25, -0.2) is 10.4 Å². The number of nitrogens with one attached hydrogen (secondary N) is 2. The molecule has 2 aromatic carbocycles. The van der Waals surface area contributed by atoms with Crippen LogP contribution in [0, 0.1) is 0 Å². The lowest BCUT2D eigenvalue weighted by Crippen LogP contribution is -2.21. The van der Waals surface area contributed by atoms with Crippen LogP contribution in [0.3, 0.4) is 0 Å². The van der Waals surface area contributed by atoms with E-state index in [4.69, 9.17) is 27.9 Å². The lowest BCUT2D eigenvalue weighted by molar-refractivity contribution is -0.121. The topological polar surface area (TPSA) is 96.4 Å². The number of ether oxygens (including phenoxy) is 1. The number of hydrogen-bond acceptors (Lipinski definition) is 5. The lowest BCUT2D eigenvalue weighted by Gasteiger charge is -2.06. The van der Waals surface area contributed by atoms with E-state index < -0.39 is 0 Å². The third-order valence-corrected chi connectivity index (χ3v) is 4.45. The summed E-state index contributed by atoms with van der Waals surface area (Å²) in [6, 6.07) is 10.4. The fraction of sp³-hybridized carbons (Fsp3) is 0.158. The summed E-state index contributed by atoms with van der Waals surface area (Å²) in [4.78, 5) is 31.1. The molecule has 1 aromatic heterocycles. The normalized spacial score (nSPS) is 11.1. The van der Waals surface area contributed by atoms with Gasteiger partial charge in [-0.2, -0.15) is 5.10 Å². The molecule has 1 amide bonds. The van der Waals surface area contributed by atoms with Gasteiger partial charge in [-0.1, -0.05) is 35.3 Å². The molecule has 0 saturated heterocycles.